The molecule has 2 aliphatic carbocycles. The number of aryl methyl sites for hydroxylation is 1. The van der Waals surface area contributed by atoms with Crippen LogP contribution in [0.2, 0.25) is 0 Å². The Morgan fingerprint density at radius 1 is 0.956 bits per heavy atom. The topological polar surface area (TPSA) is 206 Å². The number of amides is 1. The summed E-state index contributed by atoms with van der Waals surface area (Å²) in [5, 5.41) is 44.0. The SMILES string of the molecule is CCNC(=O)c1nnc(-c2cc(C(C)C)c(O)cc2O)n1-c1ccc(CN2CCC(C(=O)OC3(CC)C(=O)OCC4=C3C=C3c5nc6ccc(O)cc6c(CC)c5CC(CC4=O)C3C)CC2)cc1. The Morgan fingerprint density at radius 2 is 1.71 bits per heavy atom. The number of ether oxygens (including phenoxy) is 2. The highest BCUT2D eigenvalue weighted by Gasteiger charge is 2.53. The summed E-state index contributed by atoms with van der Waals surface area (Å²) in [5.41, 5.74) is 6.01. The van der Waals surface area contributed by atoms with E-state index in [2.05, 4.69) is 34.3 Å². The number of rotatable bonds is 11. The lowest BCUT2D eigenvalue weighted by Gasteiger charge is -2.41. The van der Waals surface area contributed by atoms with E-state index in [0.717, 1.165) is 38.9 Å². The number of cyclic esters (lactones) is 1. The number of hydrogen-bond donors (Lipinski definition) is 4. The van der Waals surface area contributed by atoms with Crippen LogP contribution in [0.5, 0.6) is 17.2 Å². The standard InChI is InChI=1S/C53H58N6O9/c1-7-35-38-22-34(60)14-15-43(38)55-47-37-24-42-41(44(61)21-32(29(37)6)20-39(35)47)27-67-52(66)53(42,8-2)68-51(65)31-16-18-58(19-17-31)26-30-10-12-33(13-11-30)59-48(56-57-49(59)50(64)54-9-3)40-23-36(28(4)5)45(62)25-46(40)63/h10-15,22-25,28-29,31-32,60,62-63H,7-9,16-21,26-27H2,1-6H3,(H,54,64). The van der Waals surface area contributed by atoms with Gasteiger partial charge in [-0.15, -0.1) is 10.2 Å². The van der Waals surface area contributed by atoms with Crippen molar-refractivity contribution in [1.29, 1.82) is 0 Å². The molecule has 3 atom stereocenters. The van der Waals surface area contributed by atoms with Gasteiger partial charge in [-0.25, -0.2) is 9.78 Å². The first kappa shape index (κ1) is 46.2. The van der Waals surface area contributed by atoms with Crippen molar-refractivity contribution in [2.45, 2.75) is 98.1 Å². The summed E-state index contributed by atoms with van der Waals surface area (Å²) in [6.45, 7) is 13.6. The highest BCUT2D eigenvalue weighted by molar-refractivity contribution is 6.04. The van der Waals surface area contributed by atoms with Crippen LogP contribution in [0.15, 0.2) is 71.8 Å². The molecule has 4 N–H and O–H groups in total. The average molecular weight is 923 g/mol. The average Bonchev–Trinajstić information content (AvgIpc) is 3.76. The van der Waals surface area contributed by atoms with Gasteiger partial charge in [0.05, 0.1) is 22.7 Å². The number of phenolic OH excluding ortho intramolecular Hbond substituents is 3. The number of benzene rings is 3. The predicted molar refractivity (Wildman–Crippen MR) is 254 cm³/mol. The zero-order valence-electron chi connectivity index (χ0n) is 39.4. The highest BCUT2D eigenvalue weighted by atomic mass is 16.6. The van der Waals surface area contributed by atoms with Gasteiger partial charge in [0, 0.05) is 47.8 Å². The number of allylic oxidation sites excluding steroid dienone is 1. The van der Waals surface area contributed by atoms with Gasteiger partial charge in [-0.2, -0.15) is 0 Å². The van der Waals surface area contributed by atoms with E-state index in [9.17, 15) is 34.5 Å². The van der Waals surface area contributed by atoms with E-state index in [4.69, 9.17) is 14.5 Å². The predicted octanol–water partition coefficient (Wildman–Crippen LogP) is 7.66. The maximum atomic E-state index is 14.3. The van der Waals surface area contributed by atoms with Gasteiger partial charge in [0.25, 0.3) is 5.91 Å². The largest absolute Gasteiger partial charge is 0.508 e. The fourth-order valence-corrected chi connectivity index (χ4v) is 10.6. The van der Waals surface area contributed by atoms with E-state index >= 15 is 0 Å². The quantitative estimate of drug-likeness (QED) is 0.0941. The summed E-state index contributed by atoms with van der Waals surface area (Å²) in [4.78, 5) is 63.1. The molecule has 15 nitrogen and oxygen atoms in total. The van der Waals surface area contributed by atoms with Crippen molar-refractivity contribution in [3.8, 4) is 34.3 Å². The Hall–Kier alpha value is -6.87. The Labute approximate surface area is 394 Å². The second-order valence-corrected chi connectivity index (χ2v) is 18.9. The minimum atomic E-state index is -1.81. The van der Waals surface area contributed by atoms with Gasteiger partial charge in [-0.1, -0.05) is 46.8 Å². The molecule has 3 aromatic carbocycles. The molecule has 4 aliphatic rings. The van der Waals surface area contributed by atoms with Gasteiger partial charge in [0.2, 0.25) is 11.4 Å². The fraction of sp³-hybridized carbons (Fsp3) is 0.415. The lowest BCUT2D eigenvalue weighted by molar-refractivity contribution is -0.183. The minimum Gasteiger partial charge on any atom is -0.508 e. The third-order valence-electron chi connectivity index (χ3n) is 14.5. The van der Waals surface area contributed by atoms with Gasteiger partial charge in [0.1, 0.15) is 23.9 Å². The van der Waals surface area contributed by atoms with Gasteiger partial charge < -0.3 is 30.1 Å². The number of esters is 2. The van der Waals surface area contributed by atoms with Crippen LogP contribution in [0, 0.1) is 17.8 Å². The number of aromatic nitrogens is 4. The monoisotopic (exact) mass is 922 g/mol. The van der Waals surface area contributed by atoms with Crippen molar-refractivity contribution in [1.82, 2.24) is 30.0 Å². The molecule has 0 radical (unpaired) electrons. The van der Waals surface area contributed by atoms with E-state index in [-0.39, 0.29) is 71.9 Å². The number of nitrogens with zero attached hydrogens (tertiary/aromatic N) is 5. The molecule has 15 heteroatoms. The summed E-state index contributed by atoms with van der Waals surface area (Å²) >= 11 is 0. The summed E-state index contributed by atoms with van der Waals surface area (Å²) in [6.07, 6.45) is 4.56. The van der Waals surface area contributed by atoms with Gasteiger partial charge in [-0.3, -0.25) is 23.9 Å². The lowest BCUT2D eigenvalue weighted by Crippen LogP contribution is -2.51. The number of carbonyl (C=O) groups excluding carboxylic acids is 4. The van der Waals surface area contributed by atoms with Crippen LogP contribution < -0.4 is 5.32 Å². The Bertz CT molecular complexity index is 2930. The van der Waals surface area contributed by atoms with E-state index < -0.39 is 29.4 Å². The van der Waals surface area contributed by atoms with Gasteiger partial charge >= 0.3 is 11.9 Å². The molecule has 354 valence electrons. The number of Topliss-reactive ketones (excluding diaryl/α,β-unsaturated/α-hetero) is 1. The summed E-state index contributed by atoms with van der Waals surface area (Å²) < 4.78 is 13.7. The van der Waals surface area contributed by atoms with Crippen LogP contribution in [0.25, 0.3) is 33.6 Å². The molecular weight excluding hydrogens is 865 g/mol. The van der Waals surface area contributed by atoms with E-state index in [1.54, 1.807) is 36.6 Å². The first-order chi connectivity index (χ1) is 32.7. The van der Waals surface area contributed by atoms with Crippen LogP contribution in [0.1, 0.15) is 112 Å². The number of nitrogens with one attached hydrogen (secondary N) is 1. The maximum Gasteiger partial charge on any atom is 0.355 e. The smallest absolute Gasteiger partial charge is 0.355 e. The van der Waals surface area contributed by atoms with E-state index in [1.165, 1.54) is 6.07 Å². The molecule has 2 bridgehead atoms. The number of piperidine rings is 1. The Morgan fingerprint density at radius 3 is 2.40 bits per heavy atom. The van der Waals surface area contributed by atoms with Crippen LogP contribution in [0.4, 0.5) is 0 Å². The number of likely N-dealkylation sites (tertiary alicyclic amines) is 1. The normalized spacial score (nSPS) is 20.9. The number of ketones is 1. The zero-order valence-corrected chi connectivity index (χ0v) is 39.4. The summed E-state index contributed by atoms with van der Waals surface area (Å²) in [6, 6.07) is 15.8. The number of phenols is 3. The lowest BCUT2D eigenvalue weighted by atomic mass is 9.68. The van der Waals surface area contributed by atoms with Crippen molar-refractivity contribution in [2.75, 3.05) is 26.2 Å². The first-order valence-corrected chi connectivity index (χ1v) is 23.8. The molecular formula is C53H58N6O9. The zero-order chi connectivity index (χ0) is 48.2. The van der Waals surface area contributed by atoms with Crippen LogP contribution >= 0.6 is 0 Å². The highest BCUT2D eigenvalue weighted by Crippen LogP contribution is 2.48. The molecule has 2 aromatic heterocycles. The van der Waals surface area contributed by atoms with Crippen LogP contribution in [0.3, 0.4) is 0 Å². The van der Waals surface area contributed by atoms with E-state index in [0.29, 0.717) is 79.8 Å². The van der Waals surface area contributed by atoms with Crippen molar-refractivity contribution < 1.29 is 44.0 Å². The molecule has 2 aliphatic heterocycles. The number of hydrogen-bond acceptors (Lipinski definition) is 13. The molecule has 1 amide bonds. The molecule has 0 spiro atoms. The molecule has 5 aromatic rings. The molecule has 4 heterocycles. The first-order valence-electron chi connectivity index (χ1n) is 23.8. The Kier molecular flexibility index (Phi) is 12.5. The fourth-order valence-electron chi connectivity index (χ4n) is 10.6. The molecule has 1 saturated heterocycles. The Balaban J connectivity index is 0.940. The van der Waals surface area contributed by atoms with Crippen LogP contribution in [-0.4, -0.2) is 95.4 Å². The molecule has 1 fully saturated rings. The molecule has 0 saturated carbocycles. The molecule has 3 unspecified atom stereocenters. The van der Waals surface area contributed by atoms with Gasteiger partial charge in [0.15, 0.2) is 11.6 Å². The van der Waals surface area contributed by atoms with Crippen molar-refractivity contribution >= 4 is 40.1 Å². The molecule has 9 rings (SSSR count). The summed E-state index contributed by atoms with van der Waals surface area (Å²) in [7, 11) is 0. The number of fused-ring (bicyclic) bond motifs is 5. The molecule has 68 heavy (non-hydrogen) atoms. The van der Waals surface area contributed by atoms with Gasteiger partial charge in [-0.05, 0) is 140 Å². The van der Waals surface area contributed by atoms with E-state index in [1.807, 2.05) is 50.3 Å². The van der Waals surface area contributed by atoms with Crippen molar-refractivity contribution in [3.05, 3.63) is 106 Å². The van der Waals surface area contributed by atoms with Crippen LogP contribution in [-0.2, 0) is 43.2 Å². The third kappa shape index (κ3) is 8.09. The third-order valence-corrected chi connectivity index (χ3v) is 14.5. The minimum absolute atomic E-state index is 0.0184. The maximum absolute atomic E-state index is 14.3. The number of aromatic hydroxyl groups is 3. The van der Waals surface area contributed by atoms with Crippen molar-refractivity contribution in [2.24, 2.45) is 17.8 Å². The second kappa shape index (κ2) is 18.3. The second-order valence-electron chi connectivity index (χ2n) is 18.9. The van der Waals surface area contributed by atoms with Crippen molar-refractivity contribution in [3.63, 3.8) is 0 Å². The number of pyridine rings is 1. The number of carbonyl (C=O) groups is 4. The summed E-state index contributed by atoms with van der Waals surface area (Å²) in [5.74, 6) is -2.17.